The third-order valence-corrected chi connectivity index (χ3v) is 4.19. The van der Waals surface area contributed by atoms with Crippen molar-refractivity contribution >= 4 is 11.8 Å². The number of hydrogen-bond donors (Lipinski definition) is 4. The molecule has 1 aliphatic rings. The molecule has 1 aromatic carbocycles. The largest absolute Gasteiger partial charge is 0.416 e. The number of aliphatic hydroxyl groups excluding tert-OH is 1. The zero-order chi connectivity index (χ0) is 19.2. The molecule has 0 bridgehead atoms. The van der Waals surface area contributed by atoms with Crippen molar-refractivity contribution in [3.05, 3.63) is 35.4 Å². The molecule has 1 saturated heterocycles. The second-order valence-corrected chi connectivity index (χ2v) is 6.08. The minimum Gasteiger partial charge on any atom is -0.394 e. The number of rotatable bonds is 7. The molecule has 2 atom stereocenters. The van der Waals surface area contributed by atoms with Crippen molar-refractivity contribution in [3.8, 4) is 0 Å². The molecule has 9 heteroatoms. The Morgan fingerprint density at radius 2 is 2.04 bits per heavy atom. The first-order valence-corrected chi connectivity index (χ1v) is 8.40. The van der Waals surface area contributed by atoms with E-state index in [1.54, 1.807) is 0 Å². The molecule has 4 N–H and O–H groups in total. The van der Waals surface area contributed by atoms with Gasteiger partial charge in [0, 0.05) is 13.0 Å². The number of amides is 2. The molecule has 6 nitrogen and oxygen atoms in total. The third kappa shape index (κ3) is 5.43. The third-order valence-electron chi connectivity index (χ3n) is 4.19. The highest BCUT2D eigenvalue weighted by Gasteiger charge is 2.35. The number of hydrogen-bond acceptors (Lipinski definition) is 4. The van der Waals surface area contributed by atoms with Crippen LogP contribution >= 0.6 is 0 Å². The fourth-order valence-corrected chi connectivity index (χ4v) is 2.88. The lowest BCUT2D eigenvalue weighted by Crippen LogP contribution is -2.42. The van der Waals surface area contributed by atoms with Crippen molar-refractivity contribution < 1.29 is 27.9 Å². The highest BCUT2D eigenvalue weighted by atomic mass is 19.4. The van der Waals surface area contributed by atoms with Gasteiger partial charge >= 0.3 is 6.18 Å². The van der Waals surface area contributed by atoms with Gasteiger partial charge < -0.3 is 21.1 Å². The molecule has 1 fully saturated rings. The van der Waals surface area contributed by atoms with E-state index in [0.717, 1.165) is 25.5 Å². The van der Waals surface area contributed by atoms with Crippen LogP contribution in [-0.2, 0) is 15.8 Å². The van der Waals surface area contributed by atoms with Gasteiger partial charge in [-0.3, -0.25) is 9.59 Å². The van der Waals surface area contributed by atoms with Crippen molar-refractivity contribution in [2.24, 2.45) is 0 Å². The monoisotopic (exact) mass is 373 g/mol. The SMILES string of the molecule is O=C(CCNC(=O)C1CCCN1)NC(CO)c1ccccc1C(F)(F)F. The summed E-state index contributed by atoms with van der Waals surface area (Å²) in [7, 11) is 0. The van der Waals surface area contributed by atoms with Crippen LogP contribution in [0, 0.1) is 0 Å². The summed E-state index contributed by atoms with van der Waals surface area (Å²) in [4.78, 5) is 23.8. The second-order valence-electron chi connectivity index (χ2n) is 6.08. The van der Waals surface area contributed by atoms with Crippen molar-refractivity contribution in [2.75, 3.05) is 19.7 Å². The van der Waals surface area contributed by atoms with Crippen molar-refractivity contribution in [2.45, 2.75) is 37.5 Å². The van der Waals surface area contributed by atoms with Gasteiger partial charge in [0.05, 0.1) is 24.3 Å². The summed E-state index contributed by atoms with van der Waals surface area (Å²) in [6.45, 7) is 0.175. The van der Waals surface area contributed by atoms with Gasteiger partial charge in [0.2, 0.25) is 11.8 Å². The molecule has 144 valence electrons. The van der Waals surface area contributed by atoms with Gasteiger partial charge in [-0.25, -0.2) is 0 Å². The summed E-state index contributed by atoms with van der Waals surface area (Å²) in [6, 6.07) is 3.34. The van der Waals surface area contributed by atoms with E-state index in [4.69, 9.17) is 0 Å². The molecular formula is C17H22F3N3O3. The maximum atomic E-state index is 13.1. The first-order chi connectivity index (χ1) is 12.3. The number of halogens is 3. The molecular weight excluding hydrogens is 351 g/mol. The smallest absolute Gasteiger partial charge is 0.394 e. The lowest BCUT2D eigenvalue weighted by atomic mass is 10.00. The van der Waals surface area contributed by atoms with Gasteiger partial charge in [0.1, 0.15) is 0 Å². The predicted molar refractivity (Wildman–Crippen MR) is 88.1 cm³/mol. The molecule has 2 rings (SSSR count). The Morgan fingerprint density at radius 3 is 2.65 bits per heavy atom. The van der Waals surface area contributed by atoms with Crippen LogP contribution < -0.4 is 16.0 Å². The van der Waals surface area contributed by atoms with Gasteiger partial charge in [-0.05, 0) is 31.0 Å². The Labute approximate surface area is 149 Å². The fraction of sp³-hybridized carbons (Fsp3) is 0.529. The average Bonchev–Trinajstić information content (AvgIpc) is 3.13. The van der Waals surface area contributed by atoms with Crippen LogP contribution in [0.15, 0.2) is 24.3 Å². The normalized spacial score (nSPS) is 18.4. The standard InChI is InChI=1S/C17H22F3N3O3/c18-17(19,20)12-5-2-1-4-11(12)14(10-24)23-15(25)7-9-22-16(26)13-6-3-8-21-13/h1-2,4-5,13-14,21,24H,3,6-10H2,(H,22,26)(H,23,25). The Hall–Kier alpha value is -2.13. The van der Waals surface area contributed by atoms with Gasteiger partial charge in [0.15, 0.2) is 0 Å². The van der Waals surface area contributed by atoms with Crippen LogP contribution in [0.2, 0.25) is 0 Å². The summed E-state index contributed by atoms with van der Waals surface area (Å²) >= 11 is 0. The Kier molecular flexibility index (Phi) is 6.98. The van der Waals surface area contributed by atoms with Crippen LogP contribution in [0.1, 0.15) is 36.4 Å². The van der Waals surface area contributed by atoms with E-state index in [2.05, 4.69) is 16.0 Å². The van der Waals surface area contributed by atoms with Gasteiger partial charge in [-0.2, -0.15) is 13.2 Å². The average molecular weight is 373 g/mol. The lowest BCUT2D eigenvalue weighted by Gasteiger charge is -2.21. The van der Waals surface area contributed by atoms with E-state index in [9.17, 15) is 27.9 Å². The molecule has 0 spiro atoms. The molecule has 1 aliphatic heterocycles. The second kappa shape index (κ2) is 9.00. The quantitative estimate of drug-likeness (QED) is 0.577. The maximum absolute atomic E-state index is 13.1. The molecule has 2 unspecified atom stereocenters. The van der Waals surface area contributed by atoms with E-state index in [1.807, 2.05) is 0 Å². The van der Waals surface area contributed by atoms with Gasteiger partial charge in [-0.15, -0.1) is 0 Å². The molecule has 0 aliphatic carbocycles. The topological polar surface area (TPSA) is 90.5 Å². The lowest BCUT2D eigenvalue weighted by molar-refractivity contribution is -0.139. The first kappa shape index (κ1) is 20.2. The summed E-state index contributed by atoms with van der Waals surface area (Å²) in [5.41, 5.74) is -1.10. The first-order valence-electron chi connectivity index (χ1n) is 8.40. The van der Waals surface area contributed by atoms with E-state index >= 15 is 0 Å². The number of benzene rings is 1. The van der Waals surface area contributed by atoms with Crippen LogP contribution in [0.4, 0.5) is 13.2 Å². The molecule has 1 aromatic rings. The molecule has 0 saturated carbocycles. The number of alkyl halides is 3. The summed E-state index contributed by atoms with van der Waals surface area (Å²) < 4.78 is 39.2. The van der Waals surface area contributed by atoms with Crippen molar-refractivity contribution in [1.82, 2.24) is 16.0 Å². The maximum Gasteiger partial charge on any atom is 0.416 e. The molecule has 26 heavy (non-hydrogen) atoms. The molecule has 1 heterocycles. The summed E-state index contributed by atoms with van der Waals surface area (Å²) in [5, 5.41) is 17.4. The number of nitrogens with one attached hydrogen (secondary N) is 3. The minimum absolute atomic E-state index is 0.0713. The van der Waals surface area contributed by atoms with Crippen LogP contribution in [-0.4, -0.2) is 42.7 Å². The summed E-state index contributed by atoms with van der Waals surface area (Å²) in [5.74, 6) is -0.753. The van der Waals surface area contributed by atoms with E-state index in [1.165, 1.54) is 18.2 Å². The highest BCUT2D eigenvalue weighted by Crippen LogP contribution is 2.34. The van der Waals surface area contributed by atoms with Crippen LogP contribution in [0.3, 0.4) is 0 Å². The zero-order valence-corrected chi connectivity index (χ0v) is 14.1. The Balaban J connectivity index is 1.89. The van der Waals surface area contributed by atoms with E-state index in [-0.39, 0.29) is 30.5 Å². The number of carbonyl (C=O) groups excluding carboxylic acids is 2. The van der Waals surface area contributed by atoms with Crippen LogP contribution in [0.25, 0.3) is 0 Å². The van der Waals surface area contributed by atoms with Crippen LogP contribution in [0.5, 0.6) is 0 Å². The van der Waals surface area contributed by atoms with Gasteiger partial charge in [-0.1, -0.05) is 18.2 Å². The zero-order valence-electron chi connectivity index (χ0n) is 14.1. The predicted octanol–water partition coefficient (Wildman–Crippen LogP) is 1.11. The number of carbonyl (C=O) groups is 2. The summed E-state index contributed by atoms with van der Waals surface area (Å²) in [6.07, 6.45) is -3.03. The van der Waals surface area contributed by atoms with E-state index < -0.39 is 30.3 Å². The fourth-order valence-electron chi connectivity index (χ4n) is 2.88. The molecule has 0 radical (unpaired) electrons. The Bertz CT molecular complexity index is 631. The highest BCUT2D eigenvalue weighted by molar-refractivity contribution is 5.83. The number of aliphatic hydroxyl groups is 1. The van der Waals surface area contributed by atoms with Crippen molar-refractivity contribution in [3.63, 3.8) is 0 Å². The molecule has 2 amide bonds. The molecule has 0 aromatic heterocycles. The van der Waals surface area contributed by atoms with Gasteiger partial charge in [0.25, 0.3) is 0 Å². The Morgan fingerprint density at radius 1 is 1.31 bits per heavy atom. The van der Waals surface area contributed by atoms with E-state index in [0.29, 0.717) is 0 Å². The van der Waals surface area contributed by atoms with Crippen molar-refractivity contribution in [1.29, 1.82) is 0 Å². The minimum atomic E-state index is -4.59.